The lowest BCUT2D eigenvalue weighted by molar-refractivity contribution is -0.671. The zero-order valence-electron chi connectivity index (χ0n) is 19.1. The van der Waals surface area contributed by atoms with Gasteiger partial charge in [0.15, 0.2) is 6.20 Å². The van der Waals surface area contributed by atoms with Crippen LogP contribution in [0.5, 0.6) is 0 Å². The maximum absolute atomic E-state index is 10.9. The van der Waals surface area contributed by atoms with E-state index in [1.807, 2.05) is 12.1 Å². The van der Waals surface area contributed by atoms with E-state index >= 15 is 0 Å². The van der Waals surface area contributed by atoms with E-state index in [1.165, 1.54) is 27.4 Å². The summed E-state index contributed by atoms with van der Waals surface area (Å²) in [7, 11) is 0. The molecule has 4 nitrogen and oxygen atoms in total. The molecule has 0 amide bonds. The lowest BCUT2D eigenvalue weighted by Gasteiger charge is -2.04. The van der Waals surface area contributed by atoms with Gasteiger partial charge in [-0.3, -0.25) is 4.79 Å². The fraction of sp³-hybridized carbons (Fsp3) is 0.172. The molecule has 3 aromatic carbocycles. The van der Waals surface area contributed by atoms with Gasteiger partial charge >= 0.3 is 5.97 Å². The van der Waals surface area contributed by atoms with Gasteiger partial charge < -0.3 is 22.1 Å². The molecule has 0 bridgehead atoms. The molecule has 0 spiro atoms. The summed E-state index contributed by atoms with van der Waals surface area (Å²) >= 11 is 0. The van der Waals surface area contributed by atoms with E-state index in [4.69, 9.17) is 5.11 Å². The predicted octanol–water partition coefficient (Wildman–Crippen LogP) is 3.29. The van der Waals surface area contributed by atoms with Gasteiger partial charge in [0.2, 0.25) is 5.52 Å². The molecule has 0 radical (unpaired) electrons. The van der Waals surface area contributed by atoms with Crippen LogP contribution in [0.4, 0.5) is 0 Å². The molecule has 0 unspecified atom stereocenters. The van der Waals surface area contributed by atoms with Gasteiger partial charge in [0.25, 0.3) is 0 Å². The number of aromatic nitrogens is 2. The molecule has 0 saturated carbocycles. The highest BCUT2D eigenvalue weighted by molar-refractivity contribution is 6.08. The molecule has 5 aromatic rings. The van der Waals surface area contributed by atoms with Crippen molar-refractivity contribution in [2.24, 2.45) is 0 Å². The van der Waals surface area contributed by atoms with Crippen molar-refractivity contribution in [1.82, 2.24) is 4.57 Å². The fourth-order valence-corrected chi connectivity index (χ4v) is 4.75. The monoisotopic (exact) mass is 470 g/mol. The van der Waals surface area contributed by atoms with Gasteiger partial charge in [-0.05, 0) is 42.3 Å². The molecular formula is C29H27ClN2O2. The second-order valence-electron chi connectivity index (χ2n) is 8.35. The van der Waals surface area contributed by atoms with E-state index in [2.05, 4.69) is 95.1 Å². The minimum Gasteiger partial charge on any atom is -1.00 e. The van der Waals surface area contributed by atoms with Crippen LogP contribution in [0, 0.1) is 0 Å². The number of pyridine rings is 1. The first-order valence-corrected chi connectivity index (χ1v) is 11.5. The van der Waals surface area contributed by atoms with Crippen LogP contribution < -0.4 is 17.0 Å². The summed E-state index contributed by atoms with van der Waals surface area (Å²) < 4.78 is 4.51. The first kappa shape index (κ1) is 23.5. The van der Waals surface area contributed by atoms with Gasteiger partial charge in [-0.15, -0.1) is 0 Å². The van der Waals surface area contributed by atoms with Gasteiger partial charge in [0.05, 0.1) is 11.8 Å². The topological polar surface area (TPSA) is 46.1 Å². The number of carboxylic acids is 1. The zero-order valence-corrected chi connectivity index (χ0v) is 19.9. The van der Waals surface area contributed by atoms with Gasteiger partial charge in [-0.2, -0.15) is 4.57 Å². The number of para-hydroxylation sites is 2. The molecule has 0 fully saturated rings. The van der Waals surface area contributed by atoms with Gasteiger partial charge in [0.1, 0.15) is 6.54 Å². The number of benzene rings is 3. The smallest absolute Gasteiger partial charge is 0.303 e. The third kappa shape index (κ3) is 4.42. The number of rotatable bonds is 7. The van der Waals surface area contributed by atoms with E-state index in [-0.39, 0.29) is 18.8 Å². The van der Waals surface area contributed by atoms with Crippen molar-refractivity contribution < 1.29 is 26.9 Å². The molecule has 5 heteroatoms. The van der Waals surface area contributed by atoms with Crippen molar-refractivity contribution >= 4 is 50.8 Å². The summed E-state index contributed by atoms with van der Waals surface area (Å²) in [5.41, 5.74) is 5.98. The van der Waals surface area contributed by atoms with Crippen molar-refractivity contribution in [2.75, 3.05) is 0 Å². The number of fused-ring (bicyclic) bond motifs is 4. The Labute approximate surface area is 205 Å². The molecule has 2 aromatic heterocycles. The second kappa shape index (κ2) is 10.1. The average Bonchev–Trinajstić information content (AvgIpc) is 3.16. The summed E-state index contributed by atoms with van der Waals surface area (Å²) in [5, 5.41) is 12.7. The van der Waals surface area contributed by atoms with Crippen molar-refractivity contribution in [2.45, 2.75) is 32.9 Å². The zero-order chi connectivity index (χ0) is 22.8. The number of aliphatic carboxylic acids is 1. The van der Waals surface area contributed by atoms with Crippen LogP contribution in [0.3, 0.4) is 0 Å². The first-order chi connectivity index (χ1) is 16.2. The average molecular weight is 471 g/mol. The minimum atomic E-state index is -0.751. The van der Waals surface area contributed by atoms with Gasteiger partial charge in [0, 0.05) is 46.9 Å². The second-order valence-corrected chi connectivity index (χ2v) is 8.35. The van der Waals surface area contributed by atoms with Crippen LogP contribution in [0.1, 0.15) is 30.9 Å². The Balaban J connectivity index is 0.00000274. The highest BCUT2D eigenvalue weighted by atomic mass is 35.5. The SMILES string of the molecule is CCn1c2ccccc2c2cc(/C=C/c3cc[n+](CCCC(=O)O)c4ccccc34)ccc21.[Cl-]. The van der Waals surface area contributed by atoms with Crippen LogP contribution in [-0.4, -0.2) is 15.6 Å². The molecule has 0 aliphatic heterocycles. The van der Waals surface area contributed by atoms with E-state index < -0.39 is 5.97 Å². The maximum atomic E-state index is 10.9. The Bertz CT molecular complexity index is 1520. The summed E-state index contributed by atoms with van der Waals surface area (Å²) in [5.74, 6) is -0.751. The van der Waals surface area contributed by atoms with Crippen molar-refractivity contribution in [3.8, 4) is 0 Å². The number of aryl methyl sites for hydroxylation is 2. The van der Waals surface area contributed by atoms with Crippen molar-refractivity contribution in [1.29, 1.82) is 0 Å². The minimum absolute atomic E-state index is 0. The summed E-state index contributed by atoms with van der Waals surface area (Å²) in [6.07, 6.45) is 7.20. The lowest BCUT2D eigenvalue weighted by Crippen LogP contribution is -3.00. The molecule has 0 atom stereocenters. The lowest BCUT2D eigenvalue weighted by atomic mass is 10.1. The van der Waals surface area contributed by atoms with Gasteiger partial charge in [-0.1, -0.05) is 48.6 Å². The molecule has 5 rings (SSSR count). The molecule has 0 aliphatic carbocycles. The van der Waals surface area contributed by atoms with E-state index in [1.54, 1.807) is 0 Å². The Morgan fingerprint density at radius 3 is 2.44 bits per heavy atom. The third-order valence-electron chi connectivity index (χ3n) is 6.32. The van der Waals surface area contributed by atoms with Crippen LogP contribution in [0.2, 0.25) is 0 Å². The first-order valence-electron chi connectivity index (χ1n) is 11.5. The summed E-state index contributed by atoms with van der Waals surface area (Å²) in [6, 6.07) is 25.7. The highest BCUT2D eigenvalue weighted by Gasteiger charge is 2.12. The third-order valence-corrected chi connectivity index (χ3v) is 6.32. The maximum Gasteiger partial charge on any atom is 0.303 e. The quantitative estimate of drug-likeness (QED) is 0.371. The molecule has 0 aliphatic rings. The standard InChI is InChI=1S/C29H26N2O2.ClH/c1-2-31-27-11-6-4-9-24(27)25-20-21(14-16-28(25)31)13-15-22-17-19-30(18-7-12-29(32)33)26-10-5-3-8-23(22)26;/h3-6,8-11,13-17,19-20H,2,7,12,18H2,1H3;1H. The van der Waals surface area contributed by atoms with E-state index in [0.29, 0.717) is 13.0 Å². The molecule has 172 valence electrons. The Morgan fingerprint density at radius 1 is 0.912 bits per heavy atom. The summed E-state index contributed by atoms with van der Waals surface area (Å²) in [4.78, 5) is 10.9. The number of hydrogen-bond acceptors (Lipinski definition) is 1. The van der Waals surface area contributed by atoms with Crippen molar-refractivity contribution in [3.05, 3.63) is 90.1 Å². The fourth-order valence-electron chi connectivity index (χ4n) is 4.75. The van der Waals surface area contributed by atoms with Crippen LogP contribution in [-0.2, 0) is 17.9 Å². The molecule has 34 heavy (non-hydrogen) atoms. The van der Waals surface area contributed by atoms with E-state index in [9.17, 15) is 4.79 Å². The van der Waals surface area contributed by atoms with Gasteiger partial charge in [-0.25, -0.2) is 0 Å². The van der Waals surface area contributed by atoms with E-state index in [0.717, 1.165) is 23.0 Å². The number of hydrogen-bond donors (Lipinski definition) is 1. The Morgan fingerprint density at radius 2 is 1.65 bits per heavy atom. The molecule has 0 saturated heterocycles. The normalized spacial score (nSPS) is 11.4. The predicted molar refractivity (Wildman–Crippen MR) is 135 cm³/mol. The number of carboxylic acid groups (broad SMARTS) is 1. The molecule has 2 heterocycles. The number of carbonyl (C=O) groups is 1. The molecular weight excluding hydrogens is 444 g/mol. The van der Waals surface area contributed by atoms with Crippen molar-refractivity contribution in [3.63, 3.8) is 0 Å². The molecule has 1 N–H and O–H groups in total. The Kier molecular flexibility index (Phi) is 6.99. The Hall–Kier alpha value is -3.63. The van der Waals surface area contributed by atoms with Crippen LogP contribution in [0.15, 0.2) is 79.0 Å². The number of halogens is 1. The van der Waals surface area contributed by atoms with Crippen LogP contribution in [0.25, 0.3) is 44.9 Å². The summed E-state index contributed by atoms with van der Waals surface area (Å²) in [6.45, 7) is 3.82. The highest BCUT2D eigenvalue weighted by Crippen LogP contribution is 2.30. The largest absolute Gasteiger partial charge is 1.00 e. The van der Waals surface area contributed by atoms with Crippen LogP contribution >= 0.6 is 0 Å². The number of nitrogens with zero attached hydrogens (tertiary/aromatic N) is 2.